The maximum Gasteiger partial charge on any atom is 0.256 e. The van der Waals surface area contributed by atoms with Gasteiger partial charge in [0.1, 0.15) is 0 Å². The van der Waals surface area contributed by atoms with Gasteiger partial charge in [0.25, 0.3) is 5.24 Å². The van der Waals surface area contributed by atoms with Gasteiger partial charge < -0.3 is 0 Å². The molecule has 1 fully saturated rings. The van der Waals surface area contributed by atoms with E-state index < -0.39 is 5.24 Å². The Hall–Kier alpha value is -1.27. The smallest absolute Gasteiger partial charge is 0.256 e. The molecule has 1 nitrogen and oxygen atoms in total. The van der Waals surface area contributed by atoms with Crippen molar-refractivity contribution in [1.29, 1.82) is 0 Å². The van der Waals surface area contributed by atoms with Crippen LogP contribution in [0.4, 0.5) is 0 Å². The van der Waals surface area contributed by atoms with Gasteiger partial charge in [0, 0.05) is 17.4 Å². The van der Waals surface area contributed by atoms with Crippen molar-refractivity contribution in [1.82, 2.24) is 0 Å². The SMILES string of the molecule is O=C(Cl)C1=C=C2CC(c3ccc(Cl)cc3)C2=CC1. The molecule has 1 aromatic rings. The lowest BCUT2D eigenvalue weighted by molar-refractivity contribution is -0.108. The molecule has 2 aliphatic rings. The first kappa shape index (κ1) is 11.8. The molecular weight excluding hydrogens is 267 g/mol. The van der Waals surface area contributed by atoms with E-state index in [2.05, 4.69) is 23.9 Å². The van der Waals surface area contributed by atoms with E-state index in [1.807, 2.05) is 12.1 Å². The lowest BCUT2D eigenvalue weighted by atomic mass is 9.69. The van der Waals surface area contributed by atoms with Crippen LogP contribution in [0.1, 0.15) is 24.3 Å². The second-order valence-electron chi connectivity index (χ2n) is 4.53. The van der Waals surface area contributed by atoms with Gasteiger partial charge in [0.05, 0.1) is 5.57 Å². The molecule has 90 valence electrons. The zero-order valence-electron chi connectivity index (χ0n) is 9.54. The first-order valence-electron chi connectivity index (χ1n) is 5.79. The molecule has 1 aromatic carbocycles. The molecule has 0 amide bonds. The minimum Gasteiger partial charge on any atom is -0.275 e. The van der Waals surface area contributed by atoms with Crippen molar-refractivity contribution in [2.75, 3.05) is 0 Å². The molecule has 3 heteroatoms. The quantitative estimate of drug-likeness (QED) is 0.579. The Labute approximate surface area is 115 Å². The Bertz CT molecular complexity index is 616. The zero-order chi connectivity index (χ0) is 12.7. The summed E-state index contributed by atoms with van der Waals surface area (Å²) in [4.78, 5) is 11.1. The van der Waals surface area contributed by atoms with E-state index in [9.17, 15) is 4.79 Å². The molecule has 0 spiro atoms. The molecule has 2 aliphatic carbocycles. The highest BCUT2D eigenvalue weighted by molar-refractivity contribution is 6.67. The fourth-order valence-electron chi connectivity index (χ4n) is 2.47. The number of carbonyl (C=O) groups is 1. The van der Waals surface area contributed by atoms with Gasteiger partial charge in [-0.3, -0.25) is 4.79 Å². The Morgan fingerprint density at radius 1 is 1.28 bits per heavy atom. The molecule has 0 N–H and O–H groups in total. The summed E-state index contributed by atoms with van der Waals surface area (Å²) in [6.45, 7) is 0. The van der Waals surface area contributed by atoms with Crippen LogP contribution in [0.15, 0.2) is 52.8 Å². The van der Waals surface area contributed by atoms with Gasteiger partial charge in [-0.05, 0) is 46.9 Å². The molecule has 0 radical (unpaired) electrons. The van der Waals surface area contributed by atoms with Crippen LogP contribution in [-0.4, -0.2) is 5.24 Å². The minimum atomic E-state index is -0.396. The molecule has 1 unspecified atom stereocenters. The van der Waals surface area contributed by atoms with Crippen molar-refractivity contribution < 1.29 is 4.79 Å². The van der Waals surface area contributed by atoms with Crippen molar-refractivity contribution in [3.63, 3.8) is 0 Å². The number of hydrogen-bond acceptors (Lipinski definition) is 1. The molecule has 0 aromatic heterocycles. The van der Waals surface area contributed by atoms with E-state index in [-0.39, 0.29) is 0 Å². The highest BCUT2D eigenvalue weighted by Crippen LogP contribution is 2.48. The third-order valence-electron chi connectivity index (χ3n) is 3.47. The minimum absolute atomic E-state index is 0.396. The summed E-state index contributed by atoms with van der Waals surface area (Å²) in [5.41, 5.74) is 7.35. The first-order chi connectivity index (χ1) is 8.65. The van der Waals surface area contributed by atoms with E-state index in [1.165, 1.54) is 11.1 Å². The summed E-state index contributed by atoms with van der Waals surface area (Å²) < 4.78 is 0. The summed E-state index contributed by atoms with van der Waals surface area (Å²) in [5, 5.41) is 0.356. The highest BCUT2D eigenvalue weighted by Gasteiger charge is 2.32. The number of rotatable bonds is 2. The van der Waals surface area contributed by atoms with Gasteiger partial charge in [-0.1, -0.05) is 29.8 Å². The molecule has 0 saturated heterocycles. The fourth-order valence-corrected chi connectivity index (χ4v) is 2.72. The van der Waals surface area contributed by atoms with Gasteiger partial charge in [-0.2, -0.15) is 0 Å². The molecule has 1 atom stereocenters. The van der Waals surface area contributed by atoms with Crippen molar-refractivity contribution in [3.8, 4) is 0 Å². The predicted molar refractivity (Wildman–Crippen MR) is 72.9 cm³/mol. The van der Waals surface area contributed by atoms with Crippen LogP contribution in [0.5, 0.6) is 0 Å². The summed E-state index contributed by atoms with van der Waals surface area (Å²) in [5.74, 6) is 0.414. The van der Waals surface area contributed by atoms with Crippen molar-refractivity contribution >= 4 is 28.4 Å². The second kappa shape index (κ2) is 4.44. The summed E-state index contributed by atoms with van der Waals surface area (Å²) >= 11 is 11.4. The maximum atomic E-state index is 11.1. The van der Waals surface area contributed by atoms with E-state index in [0.717, 1.165) is 17.0 Å². The molecule has 0 heterocycles. The number of benzene rings is 1. The Kier molecular flexibility index (Phi) is 2.91. The third kappa shape index (κ3) is 1.95. The highest BCUT2D eigenvalue weighted by atomic mass is 35.5. The normalized spacial score (nSPS) is 21.2. The van der Waals surface area contributed by atoms with E-state index >= 15 is 0 Å². The van der Waals surface area contributed by atoms with Crippen molar-refractivity contribution in [3.05, 3.63) is 63.4 Å². The van der Waals surface area contributed by atoms with Crippen LogP contribution in [0.3, 0.4) is 0 Å². The maximum absolute atomic E-state index is 11.1. The second-order valence-corrected chi connectivity index (χ2v) is 5.31. The molecule has 0 aliphatic heterocycles. The Morgan fingerprint density at radius 2 is 2.00 bits per heavy atom. The summed E-state index contributed by atoms with van der Waals surface area (Å²) in [6.07, 6.45) is 3.59. The summed E-state index contributed by atoms with van der Waals surface area (Å²) in [7, 11) is 0. The van der Waals surface area contributed by atoms with Gasteiger partial charge in [0.2, 0.25) is 0 Å². The predicted octanol–water partition coefficient (Wildman–Crippen LogP) is 4.37. The van der Waals surface area contributed by atoms with E-state index in [1.54, 1.807) is 0 Å². The van der Waals surface area contributed by atoms with Crippen LogP contribution in [0.2, 0.25) is 5.02 Å². The Balaban J connectivity index is 1.89. The largest absolute Gasteiger partial charge is 0.275 e. The van der Waals surface area contributed by atoms with Crippen molar-refractivity contribution in [2.45, 2.75) is 18.8 Å². The lowest BCUT2D eigenvalue weighted by Crippen LogP contribution is -2.19. The number of halogens is 2. The molecule has 3 rings (SSSR count). The Morgan fingerprint density at radius 3 is 2.61 bits per heavy atom. The summed E-state index contributed by atoms with van der Waals surface area (Å²) in [6, 6.07) is 7.92. The zero-order valence-corrected chi connectivity index (χ0v) is 11.1. The van der Waals surface area contributed by atoms with Gasteiger partial charge in [-0.25, -0.2) is 0 Å². The molecule has 0 bridgehead atoms. The average molecular weight is 277 g/mol. The standard InChI is InChI=1S/C15H10Cl2O/c16-12-4-1-9(2-5-12)14-8-11-7-10(15(17)18)3-6-13(11)14/h1-2,4-6,14H,3,8H2. The topological polar surface area (TPSA) is 17.1 Å². The van der Waals surface area contributed by atoms with Gasteiger partial charge in [0.15, 0.2) is 0 Å². The molecule has 18 heavy (non-hydrogen) atoms. The van der Waals surface area contributed by atoms with Crippen LogP contribution in [0, 0.1) is 0 Å². The number of carbonyl (C=O) groups excluding carboxylic acids is 1. The number of fused-ring (bicyclic) bond motifs is 1. The average Bonchev–Trinajstić information content (AvgIpc) is 2.32. The van der Waals surface area contributed by atoms with Crippen LogP contribution in [0.25, 0.3) is 0 Å². The molecule has 1 saturated carbocycles. The van der Waals surface area contributed by atoms with Crippen molar-refractivity contribution in [2.24, 2.45) is 0 Å². The number of allylic oxidation sites excluding steroid dienone is 3. The van der Waals surface area contributed by atoms with E-state index in [4.69, 9.17) is 23.2 Å². The van der Waals surface area contributed by atoms with Crippen LogP contribution in [-0.2, 0) is 4.79 Å². The first-order valence-corrected chi connectivity index (χ1v) is 6.55. The van der Waals surface area contributed by atoms with Gasteiger partial charge in [-0.15, -0.1) is 5.73 Å². The van der Waals surface area contributed by atoms with Crippen LogP contribution < -0.4 is 0 Å². The van der Waals surface area contributed by atoms with Gasteiger partial charge >= 0.3 is 0 Å². The number of hydrogen-bond donors (Lipinski definition) is 0. The third-order valence-corrected chi connectivity index (χ3v) is 3.95. The van der Waals surface area contributed by atoms with Crippen LogP contribution >= 0.6 is 23.2 Å². The van der Waals surface area contributed by atoms with E-state index in [0.29, 0.717) is 17.9 Å². The molecular formula is C15H10Cl2O. The fraction of sp³-hybridized carbons (Fsp3) is 0.200. The monoisotopic (exact) mass is 276 g/mol. The lowest BCUT2D eigenvalue weighted by Gasteiger charge is -2.34.